The highest BCUT2D eigenvalue weighted by atomic mass is 28.3. The maximum Gasteiger partial charge on any atom is 0.120 e. The molecule has 1 aromatic carbocycles. The van der Waals surface area contributed by atoms with E-state index in [1.807, 2.05) is 6.07 Å². The summed E-state index contributed by atoms with van der Waals surface area (Å²) in [7, 11) is -1.61. The molecular weight excluding hydrogens is 236 g/mol. The summed E-state index contributed by atoms with van der Waals surface area (Å²) in [6, 6.07) is 10.6. The van der Waals surface area contributed by atoms with Crippen LogP contribution >= 0.6 is 0 Å². The van der Waals surface area contributed by atoms with Crippen LogP contribution in [0.5, 0.6) is 0 Å². The highest BCUT2D eigenvalue weighted by Gasteiger charge is 2.31. The molecule has 1 atom stereocenters. The van der Waals surface area contributed by atoms with E-state index in [1.165, 1.54) is 5.19 Å². The Labute approximate surface area is 112 Å². The second-order valence-electron chi connectivity index (χ2n) is 5.73. The number of carbonyl (C=O) groups is 1. The van der Waals surface area contributed by atoms with E-state index in [0.717, 1.165) is 6.29 Å². The lowest BCUT2D eigenvalue weighted by Gasteiger charge is -2.30. The summed E-state index contributed by atoms with van der Waals surface area (Å²) in [6.07, 6.45) is 6.19. The van der Waals surface area contributed by atoms with E-state index in [4.69, 9.17) is 0 Å². The van der Waals surface area contributed by atoms with Gasteiger partial charge in [0.25, 0.3) is 0 Å². The number of carbonyl (C=O) groups excluding carboxylic acids is 1. The second kappa shape index (κ2) is 6.69. The summed E-state index contributed by atoms with van der Waals surface area (Å²) in [5, 5.41) is 1.42. The maximum absolute atomic E-state index is 10.9. The third kappa shape index (κ3) is 3.95. The SMILES string of the molecule is CC(C)/C=C/[C@@H](CC=O)[Si](C)(C)c1ccccc1. The Morgan fingerprint density at radius 3 is 2.22 bits per heavy atom. The van der Waals surface area contributed by atoms with Gasteiger partial charge in [-0.3, -0.25) is 0 Å². The van der Waals surface area contributed by atoms with Crippen LogP contribution in [0.15, 0.2) is 42.5 Å². The van der Waals surface area contributed by atoms with Crippen LogP contribution in [-0.2, 0) is 4.79 Å². The van der Waals surface area contributed by atoms with Crippen LogP contribution in [0, 0.1) is 5.92 Å². The van der Waals surface area contributed by atoms with Crippen molar-refractivity contribution in [2.75, 3.05) is 0 Å². The van der Waals surface area contributed by atoms with Crippen molar-refractivity contribution in [2.24, 2.45) is 5.92 Å². The van der Waals surface area contributed by atoms with Gasteiger partial charge in [0.05, 0.1) is 8.07 Å². The minimum atomic E-state index is -1.61. The largest absolute Gasteiger partial charge is 0.303 e. The molecule has 0 aliphatic rings. The van der Waals surface area contributed by atoms with Gasteiger partial charge in [0.15, 0.2) is 0 Å². The molecular formula is C16H24OSi. The van der Waals surface area contributed by atoms with Gasteiger partial charge in [-0.15, -0.1) is 0 Å². The highest BCUT2D eigenvalue weighted by molar-refractivity contribution is 6.91. The first kappa shape index (κ1) is 14.9. The van der Waals surface area contributed by atoms with Crippen molar-refractivity contribution < 1.29 is 4.79 Å². The first-order valence-corrected chi connectivity index (χ1v) is 9.73. The quantitative estimate of drug-likeness (QED) is 0.432. The molecule has 1 rings (SSSR count). The van der Waals surface area contributed by atoms with Gasteiger partial charge in [-0.2, -0.15) is 0 Å². The zero-order chi connectivity index (χ0) is 13.6. The first-order valence-electron chi connectivity index (χ1n) is 6.66. The van der Waals surface area contributed by atoms with E-state index in [1.54, 1.807) is 0 Å². The Kier molecular flexibility index (Phi) is 5.54. The molecule has 0 fully saturated rings. The van der Waals surface area contributed by atoms with Crippen LogP contribution in [0.1, 0.15) is 20.3 Å². The fourth-order valence-electron chi connectivity index (χ4n) is 2.16. The molecule has 0 heterocycles. The van der Waals surface area contributed by atoms with E-state index in [0.29, 0.717) is 17.9 Å². The molecule has 0 aliphatic carbocycles. The molecule has 18 heavy (non-hydrogen) atoms. The molecule has 1 nitrogen and oxygen atoms in total. The molecule has 0 radical (unpaired) electrons. The third-order valence-electron chi connectivity index (χ3n) is 3.52. The Bertz CT molecular complexity index is 393. The predicted octanol–water partition coefficient (Wildman–Crippen LogP) is 3.77. The number of benzene rings is 1. The number of allylic oxidation sites excluding steroid dienone is 2. The molecule has 1 aromatic rings. The summed E-state index contributed by atoms with van der Waals surface area (Å²) in [5.74, 6) is 0.541. The zero-order valence-electron chi connectivity index (χ0n) is 11.9. The highest BCUT2D eigenvalue weighted by Crippen LogP contribution is 2.26. The summed E-state index contributed by atoms with van der Waals surface area (Å²) >= 11 is 0. The minimum Gasteiger partial charge on any atom is -0.303 e. The minimum absolute atomic E-state index is 0.389. The average Bonchev–Trinajstić information content (AvgIpc) is 2.35. The van der Waals surface area contributed by atoms with Gasteiger partial charge in [-0.25, -0.2) is 0 Å². The van der Waals surface area contributed by atoms with Crippen LogP contribution in [-0.4, -0.2) is 14.4 Å². The summed E-state index contributed by atoms with van der Waals surface area (Å²) in [5.41, 5.74) is 0.389. The fourth-order valence-corrected chi connectivity index (χ4v) is 4.91. The number of hydrogen-bond donors (Lipinski definition) is 0. The molecule has 0 unspecified atom stereocenters. The molecule has 0 saturated carbocycles. The normalized spacial score (nSPS) is 14.1. The van der Waals surface area contributed by atoms with Crippen molar-refractivity contribution in [2.45, 2.75) is 38.9 Å². The molecule has 0 spiro atoms. The first-order chi connectivity index (χ1) is 8.48. The van der Waals surface area contributed by atoms with E-state index >= 15 is 0 Å². The van der Waals surface area contributed by atoms with E-state index in [-0.39, 0.29) is 0 Å². The molecule has 0 bridgehead atoms. The van der Waals surface area contributed by atoms with Gasteiger partial charge >= 0.3 is 0 Å². The van der Waals surface area contributed by atoms with Crippen molar-refractivity contribution in [3.8, 4) is 0 Å². The number of aldehydes is 1. The Balaban J connectivity index is 3.00. The van der Waals surface area contributed by atoms with Gasteiger partial charge in [0.1, 0.15) is 6.29 Å². The number of hydrogen-bond acceptors (Lipinski definition) is 1. The molecule has 0 aromatic heterocycles. The van der Waals surface area contributed by atoms with Gasteiger partial charge in [0.2, 0.25) is 0 Å². The van der Waals surface area contributed by atoms with Gasteiger partial charge in [0, 0.05) is 6.42 Å². The van der Waals surface area contributed by atoms with Crippen LogP contribution in [0.25, 0.3) is 0 Å². The summed E-state index contributed by atoms with van der Waals surface area (Å²) < 4.78 is 0. The average molecular weight is 260 g/mol. The molecule has 98 valence electrons. The molecule has 0 aliphatic heterocycles. The second-order valence-corrected chi connectivity index (χ2v) is 10.5. The maximum atomic E-state index is 10.9. The standard InChI is InChI=1S/C16H24OSi/c1-14(2)10-11-16(12-13-17)18(3,4)15-8-6-5-7-9-15/h5-11,13-14,16H,12H2,1-4H3/b11-10+/t16-/m0/s1. The predicted molar refractivity (Wildman–Crippen MR) is 82.0 cm³/mol. The lowest BCUT2D eigenvalue weighted by atomic mass is 10.2. The van der Waals surface area contributed by atoms with Crippen molar-refractivity contribution >= 4 is 19.5 Å². The molecule has 0 N–H and O–H groups in total. The van der Waals surface area contributed by atoms with E-state index in [2.05, 4.69) is 63.4 Å². The lowest BCUT2D eigenvalue weighted by molar-refractivity contribution is -0.107. The molecule has 0 saturated heterocycles. The summed E-state index contributed by atoms with van der Waals surface area (Å²) in [4.78, 5) is 10.9. The number of rotatable bonds is 6. The summed E-state index contributed by atoms with van der Waals surface area (Å²) in [6.45, 7) is 9.04. The van der Waals surface area contributed by atoms with Crippen LogP contribution < -0.4 is 5.19 Å². The van der Waals surface area contributed by atoms with Crippen LogP contribution in [0.3, 0.4) is 0 Å². The topological polar surface area (TPSA) is 17.1 Å². The smallest absolute Gasteiger partial charge is 0.120 e. The van der Waals surface area contributed by atoms with Gasteiger partial charge < -0.3 is 4.79 Å². The van der Waals surface area contributed by atoms with Crippen molar-refractivity contribution in [3.05, 3.63) is 42.5 Å². The molecule has 0 amide bonds. The lowest BCUT2D eigenvalue weighted by Crippen LogP contribution is -2.45. The monoisotopic (exact) mass is 260 g/mol. The van der Waals surface area contributed by atoms with Crippen molar-refractivity contribution in [1.29, 1.82) is 0 Å². The molecule has 2 heteroatoms. The van der Waals surface area contributed by atoms with Crippen molar-refractivity contribution in [1.82, 2.24) is 0 Å². The van der Waals surface area contributed by atoms with Gasteiger partial charge in [-0.05, 0) is 11.5 Å². The van der Waals surface area contributed by atoms with E-state index in [9.17, 15) is 4.79 Å². The van der Waals surface area contributed by atoms with Gasteiger partial charge in [-0.1, -0.05) is 74.6 Å². The van der Waals surface area contributed by atoms with Crippen LogP contribution in [0.4, 0.5) is 0 Å². The Hall–Kier alpha value is -1.15. The van der Waals surface area contributed by atoms with Crippen LogP contribution in [0.2, 0.25) is 18.6 Å². The Morgan fingerprint density at radius 2 is 1.72 bits per heavy atom. The fraction of sp³-hybridized carbons (Fsp3) is 0.438. The third-order valence-corrected chi connectivity index (χ3v) is 7.63. The van der Waals surface area contributed by atoms with E-state index < -0.39 is 8.07 Å². The van der Waals surface area contributed by atoms with Crippen molar-refractivity contribution in [3.63, 3.8) is 0 Å². The zero-order valence-corrected chi connectivity index (χ0v) is 12.9. The Morgan fingerprint density at radius 1 is 1.11 bits per heavy atom.